The van der Waals surface area contributed by atoms with Gasteiger partial charge in [-0.15, -0.1) is 0 Å². The smallest absolute Gasteiger partial charge is 0.0656 e. The third-order valence-corrected chi connectivity index (χ3v) is 2.66. The van der Waals surface area contributed by atoms with Crippen LogP contribution in [0.2, 0.25) is 0 Å². The fraction of sp³-hybridized carbons (Fsp3) is 0.700. The van der Waals surface area contributed by atoms with E-state index in [1.54, 1.807) is 0 Å². The van der Waals surface area contributed by atoms with Crippen molar-refractivity contribution in [2.24, 2.45) is 0 Å². The molecular formula is C10H16N2. The Kier molecular flexibility index (Phi) is 2.15. The maximum Gasteiger partial charge on any atom is 0.0656 e. The Labute approximate surface area is 73.4 Å². The van der Waals surface area contributed by atoms with Crippen LogP contribution in [0.1, 0.15) is 43.1 Å². The van der Waals surface area contributed by atoms with Gasteiger partial charge in [-0.1, -0.05) is 13.3 Å². The molecule has 0 radical (unpaired) electrons. The summed E-state index contributed by atoms with van der Waals surface area (Å²) < 4.78 is 0. The number of aromatic amines is 1. The Morgan fingerprint density at radius 3 is 3.17 bits per heavy atom. The maximum atomic E-state index is 4.35. The van der Waals surface area contributed by atoms with E-state index in [1.807, 2.05) is 0 Å². The lowest BCUT2D eigenvalue weighted by Gasteiger charge is -1.96. The van der Waals surface area contributed by atoms with Gasteiger partial charge in [0, 0.05) is 5.69 Å². The van der Waals surface area contributed by atoms with Crippen LogP contribution in [0.3, 0.4) is 0 Å². The monoisotopic (exact) mass is 164 g/mol. The third-order valence-electron chi connectivity index (χ3n) is 2.66. The quantitative estimate of drug-likeness (QED) is 0.729. The minimum Gasteiger partial charge on any atom is -0.282 e. The Morgan fingerprint density at radius 2 is 2.33 bits per heavy atom. The van der Waals surface area contributed by atoms with Gasteiger partial charge in [-0.05, 0) is 37.7 Å². The molecule has 2 rings (SSSR count). The summed E-state index contributed by atoms with van der Waals surface area (Å²) in [5, 5.41) is 7.50. The zero-order valence-electron chi connectivity index (χ0n) is 7.69. The molecule has 0 spiro atoms. The lowest BCUT2D eigenvalue weighted by atomic mass is 10.1. The van der Waals surface area contributed by atoms with Crippen LogP contribution in [0, 0.1) is 0 Å². The summed E-state index contributed by atoms with van der Waals surface area (Å²) in [4.78, 5) is 0. The molecule has 0 bridgehead atoms. The van der Waals surface area contributed by atoms with E-state index in [4.69, 9.17) is 0 Å². The van der Waals surface area contributed by atoms with Crippen molar-refractivity contribution in [1.82, 2.24) is 10.2 Å². The van der Waals surface area contributed by atoms with Gasteiger partial charge in [0.15, 0.2) is 0 Å². The summed E-state index contributed by atoms with van der Waals surface area (Å²) >= 11 is 0. The van der Waals surface area contributed by atoms with Gasteiger partial charge in [-0.25, -0.2) is 0 Å². The highest BCUT2D eigenvalue weighted by Crippen LogP contribution is 2.23. The van der Waals surface area contributed by atoms with E-state index < -0.39 is 0 Å². The number of unbranched alkanes of at least 4 members (excludes halogenated alkanes) is 1. The molecule has 1 aliphatic rings. The summed E-state index contributed by atoms with van der Waals surface area (Å²) in [5.41, 5.74) is 4.27. The van der Waals surface area contributed by atoms with Gasteiger partial charge < -0.3 is 0 Å². The highest BCUT2D eigenvalue weighted by molar-refractivity contribution is 5.29. The van der Waals surface area contributed by atoms with Crippen molar-refractivity contribution in [3.63, 3.8) is 0 Å². The number of nitrogens with one attached hydrogen (secondary N) is 1. The lowest BCUT2D eigenvalue weighted by molar-refractivity contribution is 0.754. The predicted octanol–water partition coefficient (Wildman–Crippen LogP) is 2.24. The lowest BCUT2D eigenvalue weighted by Crippen LogP contribution is -1.90. The molecule has 0 saturated carbocycles. The predicted molar refractivity (Wildman–Crippen MR) is 49.2 cm³/mol. The maximum absolute atomic E-state index is 4.35. The van der Waals surface area contributed by atoms with E-state index in [9.17, 15) is 0 Å². The molecule has 1 aliphatic carbocycles. The molecule has 2 heteroatoms. The van der Waals surface area contributed by atoms with Gasteiger partial charge in [0.05, 0.1) is 5.69 Å². The standard InChI is InChI=1S/C10H16N2/c1-2-3-6-9-8-5-4-7-10(8)12-11-9/h2-7H2,1H3,(H,11,12). The van der Waals surface area contributed by atoms with Crippen LogP contribution in [-0.2, 0) is 19.3 Å². The summed E-state index contributed by atoms with van der Waals surface area (Å²) in [7, 11) is 0. The molecule has 0 aromatic carbocycles. The van der Waals surface area contributed by atoms with Crippen molar-refractivity contribution in [2.75, 3.05) is 0 Å². The number of aromatic nitrogens is 2. The van der Waals surface area contributed by atoms with Gasteiger partial charge in [0.1, 0.15) is 0 Å². The number of fused-ring (bicyclic) bond motifs is 1. The minimum absolute atomic E-state index is 1.17. The minimum atomic E-state index is 1.17. The second-order valence-electron chi connectivity index (χ2n) is 3.58. The molecule has 12 heavy (non-hydrogen) atoms. The summed E-state index contributed by atoms with van der Waals surface area (Å²) in [6.07, 6.45) is 7.50. The van der Waals surface area contributed by atoms with E-state index >= 15 is 0 Å². The highest BCUT2D eigenvalue weighted by Gasteiger charge is 2.17. The van der Waals surface area contributed by atoms with E-state index in [-0.39, 0.29) is 0 Å². The number of aryl methyl sites for hydroxylation is 2. The van der Waals surface area contributed by atoms with Crippen molar-refractivity contribution in [1.29, 1.82) is 0 Å². The molecule has 1 heterocycles. The zero-order valence-corrected chi connectivity index (χ0v) is 7.69. The molecular weight excluding hydrogens is 148 g/mol. The van der Waals surface area contributed by atoms with E-state index in [2.05, 4.69) is 17.1 Å². The normalized spacial score (nSPS) is 15.1. The van der Waals surface area contributed by atoms with Crippen molar-refractivity contribution in [2.45, 2.75) is 45.4 Å². The van der Waals surface area contributed by atoms with Crippen molar-refractivity contribution in [3.8, 4) is 0 Å². The van der Waals surface area contributed by atoms with Crippen LogP contribution in [0.5, 0.6) is 0 Å². The second-order valence-corrected chi connectivity index (χ2v) is 3.58. The van der Waals surface area contributed by atoms with Gasteiger partial charge in [0.2, 0.25) is 0 Å². The molecule has 0 unspecified atom stereocenters. The van der Waals surface area contributed by atoms with E-state index in [0.717, 1.165) is 0 Å². The number of nitrogens with zero attached hydrogens (tertiary/aromatic N) is 1. The summed E-state index contributed by atoms with van der Waals surface area (Å²) in [6, 6.07) is 0. The van der Waals surface area contributed by atoms with Crippen LogP contribution in [0.4, 0.5) is 0 Å². The van der Waals surface area contributed by atoms with Crippen LogP contribution >= 0.6 is 0 Å². The fourth-order valence-corrected chi connectivity index (χ4v) is 1.94. The number of hydrogen-bond donors (Lipinski definition) is 1. The number of hydrogen-bond acceptors (Lipinski definition) is 1. The first-order valence-corrected chi connectivity index (χ1v) is 4.96. The first kappa shape index (κ1) is 7.84. The molecule has 1 N–H and O–H groups in total. The first-order valence-electron chi connectivity index (χ1n) is 4.96. The van der Waals surface area contributed by atoms with Crippen LogP contribution in [0.25, 0.3) is 0 Å². The van der Waals surface area contributed by atoms with Crippen LogP contribution < -0.4 is 0 Å². The van der Waals surface area contributed by atoms with Gasteiger partial charge >= 0.3 is 0 Å². The Balaban J connectivity index is 2.11. The topological polar surface area (TPSA) is 28.7 Å². The zero-order chi connectivity index (χ0) is 8.39. The van der Waals surface area contributed by atoms with Crippen LogP contribution in [-0.4, -0.2) is 10.2 Å². The summed E-state index contributed by atoms with van der Waals surface area (Å²) in [6.45, 7) is 2.23. The number of rotatable bonds is 3. The van der Waals surface area contributed by atoms with E-state index in [0.29, 0.717) is 0 Å². The molecule has 0 fully saturated rings. The average molecular weight is 164 g/mol. The molecule has 2 nitrogen and oxygen atoms in total. The molecule has 0 amide bonds. The fourth-order valence-electron chi connectivity index (χ4n) is 1.94. The molecule has 66 valence electrons. The largest absolute Gasteiger partial charge is 0.282 e. The Morgan fingerprint density at radius 1 is 1.42 bits per heavy atom. The Hall–Kier alpha value is -0.790. The van der Waals surface area contributed by atoms with Gasteiger partial charge in [-0.2, -0.15) is 5.10 Å². The van der Waals surface area contributed by atoms with Gasteiger partial charge in [0.25, 0.3) is 0 Å². The SMILES string of the molecule is CCCCc1n[nH]c2c1CCC2. The van der Waals surface area contributed by atoms with Crippen molar-refractivity contribution >= 4 is 0 Å². The van der Waals surface area contributed by atoms with Crippen molar-refractivity contribution < 1.29 is 0 Å². The Bertz CT molecular complexity index is 263. The van der Waals surface area contributed by atoms with E-state index in [1.165, 1.54) is 55.5 Å². The highest BCUT2D eigenvalue weighted by atomic mass is 15.1. The third kappa shape index (κ3) is 1.26. The molecule has 0 saturated heterocycles. The average Bonchev–Trinajstić information content (AvgIpc) is 2.62. The number of H-pyrrole nitrogens is 1. The molecule has 1 aromatic heterocycles. The van der Waals surface area contributed by atoms with Gasteiger partial charge in [-0.3, -0.25) is 5.10 Å². The molecule has 0 aliphatic heterocycles. The second kappa shape index (κ2) is 3.30. The molecule has 0 atom stereocenters. The van der Waals surface area contributed by atoms with Crippen LogP contribution in [0.15, 0.2) is 0 Å². The summed E-state index contributed by atoms with van der Waals surface area (Å²) in [5.74, 6) is 0. The van der Waals surface area contributed by atoms with Crippen molar-refractivity contribution in [3.05, 3.63) is 17.0 Å². The molecule has 1 aromatic rings. The first-order chi connectivity index (χ1) is 5.92.